The molecule has 1 atom stereocenters. The number of aryl methyl sites for hydroxylation is 1. The largest absolute Gasteiger partial charge is 0.377 e. The summed E-state index contributed by atoms with van der Waals surface area (Å²) in [6, 6.07) is 17.3. The van der Waals surface area contributed by atoms with E-state index in [-0.39, 0.29) is 0 Å². The highest BCUT2D eigenvalue weighted by Gasteiger charge is 2.15. The molecule has 2 aromatic carbocycles. The third-order valence-corrected chi connectivity index (χ3v) is 5.18. The monoisotopic (exact) mass is 334 g/mol. The van der Waals surface area contributed by atoms with E-state index in [0.29, 0.717) is 6.10 Å². The Hall–Kier alpha value is -2.10. The maximum atomic E-state index is 5.71. The lowest BCUT2D eigenvalue weighted by molar-refractivity contribution is 0.110. The third kappa shape index (κ3) is 3.63. The first-order valence-electron chi connectivity index (χ1n) is 9.25. The minimum Gasteiger partial charge on any atom is -0.377 e. The molecule has 25 heavy (non-hydrogen) atoms. The fraction of sp³-hybridized carbons (Fsp3) is 0.364. The van der Waals surface area contributed by atoms with E-state index in [9.17, 15) is 0 Å². The SMILES string of the molecule is Cc1ccccc1Cn1cc(CNC[C@H]2CCCO2)c2ccccc21. The van der Waals surface area contributed by atoms with E-state index in [1.54, 1.807) is 0 Å². The van der Waals surface area contributed by atoms with Crippen molar-refractivity contribution in [2.45, 2.75) is 39.0 Å². The molecule has 4 rings (SSSR count). The molecule has 0 aliphatic carbocycles. The molecular weight excluding hydrogens is 308 g/mol. The zero-order chi connectivity index (χ0) is 17.1. The van der Waals surface area contributed by atoms with Gasteiger partial charge in [-0.05, 0) is 42.5 Å². The second-order valence-electron chi connectivity index (χ2n) is 6.99. The van der Waals surface area contributed by atoms with Crippen molar-refractivity contribution in [3.05, 3.63) is 71.4 Å². The number of hydrogen-bond donors (Lipinski definition) is 1. The maximum absolute atomic E-state index is 5.71. The Balaban J connectivity index is 1.54. The highest BCUT2D eigenvalue weighted by atomic mass is 16.5. The van der Waals surface area contributed by atoms with Crippen LogP contribution in [0.1, 0.15) is 29.5 Å². The molecule has 1 saturated heterocycles. The highest BCUT2D eigenvalue weighted by molar-refractivity contribution is 5.84. The Bertz CT molecular complexity index is 846. The quantitative estimate of drug-likeness (QED) is 0.729. The van der Waals surface area contributed by atoms with Gasteiger partial charge in [0.15, 0.2) is 0 Å². The molecule has 2 heterocycles. The van der Waals surface area contributed by atoms with Gasteiger partial charge in [-0.25, -0.2) is 0 Å². The maximum Gasteiger partial charge on any atom is 0.0700 e. The number of aromatic nitrogens is 1. The van der Waals surface area contributed by atoms with Gasteiger partial charge < -0.3 is 14.6 Å². The minimum absolute atomic E-state index is 0.389. The summed E-state index contributed by atoms with van der Waals surface area (Å²) in [4.78, 5) is 0. The molecule has 1 aliphatic heterocycles. The summed E-state index contributed by atoms with van der Waals surface area (Å²) < 4.78 is 8.08. The summed E-state index contributed by atoms with van der Waals surface area (Å²) >= 11 is 0. The van der Waals surface area contributed by atoms with Crippen molar-refractivity contribution in [2.24, 2.45) is 0 Å². The predicted octanol–water partition coefficient (Wildman–Crippen LogP) is 4.27. The molecule has 1 N–H and O–H groups in total. The first-order chi connectivity index (χ1) is 12.3. The van der Waals surface area contributed by atoms with E-state index in [0.717, 1.165) is 26.2 Å². The molecular formula is C22H26N2O. The fourth-order valence-corrected chi connectivity index (χ4v) is 3.74. The summed E-state index contributed by atoms with van der Waals surface area (Å²) in [5.41, 5.74) is 5.39. The van der Waals surface area contributed by atoms with Gasteiger partial charge >= 0.3 is 0 Å². The number of benzene rings is 2. The van der Waals surface area contributed by atoms with Crippen molar-refractivity contribution in [1.82, 2.24) is 9.88 Å². The van der Waals surface area contributed by atoms with Gasteiger partial charge in [-0.3, -0.25) is 0 Å². The molecule has 130 valence electrons. The molecule has 0 bridgehead atoms. The molecule has 1 aromatic heterocycles. The van der Waals surface area contributed by atoms with E-state index in [1.165, 1.54) is 40.4 Å². The Morgan fingerprint density at radius 3 is 2.76 bits per heavy atom. The van der Waals surface area contributed by atoms with E-state index in [1.807, 2.05) is 0 Å². The van der Waals surface area contributed by atoms with Gasteiger partial charge in [0.1, 0.15) is 0 Å². The van der Waals surface area contributed by atoms with Gasteiger partial charge in [0, 0.05) is 43.3 Å². The Morgan fingerprint density at radius 1 is 1.08 bits per heavy atom. The van der Waals surface area contributed by atoms with Crippen LogP contribution < -0.4 is 5.32 Å². The normalized spacial score (nSPS) is 17.4. The van der Waals surface area contributed by atoms with Crippen LogP contribution in [-0.4, -0.2) is 23.8 Å². The van der Waals surface area contributed by atoms with E-state index < -0.39 is 0 Å². The molecule has 0 saturated carbocycles. The summed E-state index contributed by atoms with van der Waals surface area (Å²) in [6.45, 7) is 5.85. The molecule has 1 aliphatic rings. The zero-order valence-electron chi connectivity index (χ0n) is 14.9. The molecule has 3 aromatic rings. The van der Waals surface area contributed by atoms with E-state index in [2.05, 4.69) is 71.5 Å². The van der Waals surface area contributed by atoms with Crippen LogP contribution in [0.2, 0.25) is 0 Å². The van der Waals surface area contributed by atoms with Gasteiger partial charge in [-0.15, -0.1) is 0 Å². The number of nitrogens with one attached hydrogen (secondary N) is 1. The lowest BCUT2D eigenvalue weighted by atomic mass is 10.1. The molecule has 3 heteroatoms. The Kier molecular flexibility index (Phi) is 4.86. The number of para-hydroxylation sites is 1. The van der Waals surface area contributed by atoms with Crippen LogP contribution in [0.5, 0.6) is 0 Å². The van der Waals surface area contributed by atoms with E-state index in [4.69, 9.17) is 4.74 Å². The predicted molar refractivity (Wildman–Crippen MR) is 103 cm³/mol. The molecule has 0 unspecified atom stereocenters. The smallest absolute Gasteiger partial charge is 0.0700 e. The summed E-state index contributed by atoms with van der Waals surface area (Å²) in [5, 5.41) is 4.93. The van der Waals surface area contributed by atoms with Crippen LogP contribution in [0.15, 0.2) is 54.7 Å². The highest BCUT2D eigenvalue weighted by Crippen LogP contribution is 2.23. The van der Waals surface area contributed by atoms with Crippen molar-refractivity contribution in [3.8, 4) is 0 Å². The second-order valence-corrected chi connectivity index (χ2v) is 6.99. The summed E-state index contributed by atoms with van der Waals surface area (Å²) in [5.74, 6) is 0. The number of rotatable bonds is 6. The van der Waals surface area contributed by atoms with Crippen molar-refractivity contribution in [2.75, 3.05) is 13.2 Å². The van der Waals surface area contributed by atoms with Gasteiger partial charge in [-0.2, -0.15) is 0 Å². The third-order valence-electron chi connectivity index (χ3n) is 5.18. The van der Waals surface area contributed by atoms with Crippen molar-refractivity contribution >= 4 is 10.9 Å². The molecule has 0 radical (unpaired) electrons. The van der Waals surface area contributed by atoms with Gasteiger partial charge in [-0.1, -0.05) is 42.5 Å². The standard InChI is InChI=1S/C22H26N2O/c1-17-7-2-3-8-18(17)15-24-16-19(21-10-4-5-11-22(21)24)13-23-14-20-9-6-12-25-20/h2-5,7-8,10-11,16,20,23H,6,9,12-15H2,1H3/t20-/m1/s1. The Labute approximate surface area is 149 Å². The first kappa shape index (κ1) is 16.4. The molecule has 1 fully saturated rings. The van der Waals surface area contributed by atoms with Gasteiger partial charge in [0.2, 0.25) is 0 Å². The van der Waals surface area contributed by atoms with Crippen LogP contribution in [-0.2, 0) is 17.8 Å². The number of ether oxygens (including phenoxy) is 1. The Morgan fingerprint density at radius 2 is 1.92 bits per heavy atom. The van der Waals surface area contributed by atoms with Crippen LogP contribution in [0, 0.1) is 6.92 Å². The first-order valence-corrected chi connectivity index (χ1v) is 9.25. The average Bonchev–Trinajstić information content (AvgIpc) is 3.26. The lowest BCUT2D eigenvalue weighted by Gasteiger charge is -2.10. The lowest BCUT2D eigenvalue weighted by Crippen LogP contribution is -2.25. The van der Waals surface area contributed by atoms with Crippen LogP contribution in [0.25, 0.3) is 10.9 Å². The van der Waals surface area contributed by atoms with Crippen LogP contribution in [0.3, 0.4) is 0 Å². The zero-order valence-corrected chi connectivity index (χ0v) is 14.9. The number of nitrogens with zero attached hydrogens (tertiary/aromatic N) is 1. The average molecular weight is 334 g/mol. The van der Waals surface area contributed by atoms with Crippen molar-refractivity contribution in [1.29, 1.82) is 0 Å². The summed E-state index contributed by atoms with van der Waals surface area (Å²) in [7, 11) is 0. The molecule has 3 nitrogen and oxygen atoms in total. The van der Waals surface area contributed by atoms with Crippen LogP contribution in [0.4, 0.5) is 0 Å². The van der Waals surface area contributed by atoms with Crippen LogP contribution >= 0.6 is 0 Å². The fourth-order valence-electron chi connectivity index (χ4n) is 3.74. The van der Waals surface area contributed by atoms with Crippen molar-refractivity contribution < 1.29 is 4.74 Å². The van der Waals surface area contributed by atoms with Gasteiger partial charge in [0.05, 0.1) is 6.10 Å². The second kappa shape index (κ2) is 7.42. The molecule has 0 amide bonds. The number of hydrogen-bond acceptors (Lipinski definition) is 2. The molecule has 0 spiro atoms. The van der Waals surface area contributed by atoms with Crippen molar-refractivity contribution in [3.63, 3.8) is 0 Å². The summed E-state index contributed by atoms with van der Waals surface area (Å²) in [6.07, 6.45) is 5.07. The van der Waals surface area contributed by atoms with E-state index >= 15 is 0 Å². The van der Waals surface area contributed by atoms with Gasteiger partial charge in [0.25, 0.3) is 0 Å². The topological polar surface area (TPSA) is 26.2 Å². The number of fused-ring (bicyclic) bond motifs is 1. The minimum atomic E-state index is 0.389.